The molecule has 0 aromatic carbocycles. The highest BCUT2D eigenvalue weighted by Gasteiger charge is 2.31. The summed E-state index contributed by atoms with van der Waals surface area (Å²) in [5.41, 5.74) is 2.08. The van der Waals surface area contributed by atoms with Crippen molar-refractivity contribution in [3.05, 3.63) is 23.3 Å². The number of hydrogen-bond donors (Lipinski definition) is 0. The standard InChI is InChI=1S/C21H31N5O2/c1-15-5-3-8-24(12-15)14-20(28)25-10-7-18-17(13-25)11-22-21(23-18)19-6-4-9-26(19)16(2)27/h11,15,19H,3-10,12-14H2,1-2H3. The van der Waals surface area contributed by atoms with Gasteiger partial charge in [-0.25, -0.2) is 9.97 Å². The maximum absolute atomic E-state index is 12.8. The lowest BCUT2D eigenvalue weighted by atomic mass is 10.0. The second kappa shape index (κ2) is 8.15. The van der Waals surface area contributed by atoms with E-state index >= 15 is 0 Å². The number of nitrogens with zero attached hydrogens (tertiary/aromatic N) is 5. The van der Waals surface area contributed by atoms with Gasteiger partial charge in [-0.15, -0.1) is 0 Å². The molecule has 7 heteroatoms. The van der Waals surface area contributed by atoms with E-state index in [2.05, 4.69) is 16.8 Å². The van der Waals surface area contributed by atoms with Crippen molar-refractivity contribution in [1.82, 2.24) is 24.7 Å². The van der Waals surface area contributed by atoms with Crippen LogP contribution in [0, 0.1) is 5.92 Å². The van der Waals surface area contributed by atoms with Gasteiger partial charge in [0.2, 0.25) is 11.8 Å². The molecule has 0 saturated carbocycles. The zero-order valence-electron chi connectivity index (χ0n) is 17.1. The summed E-state index contributed by atoms with van der Waals surface area (Å²) in [4.78, 5) is 40.1. The minimum absolute atomic E-state index is 0.00329. The summed E-state index contributed by atoms with van der Waals surface area (Å²) in [5.74, 6) is 1.74. The zero-order chi connectivity index (χ0) is 19.7. The fourth-order valence-corrected chi connectivity index (χ4v) is 4.84. The molecule has 28 heavy (non-hydrogen) atoms. The Morgan fingerprint density at radius 3 is 2.79 bits per heavy atom. The predicted octanol–water partition coefficient (Wildman–Crippen LogP) is 1.78. The fourth-order valence-electron chi connectivity index (χ4n) is 4.84. The van der Waals surface area contributed by atoms with E-state index in [1.54, 1.807) is 6.92 Å². The molecule has 0 aliphatic carbocycles. The van der Waals surface area contributed by atoms with Gasteiger partial charge < -0.3 is 9.80 Å². The van der Waals surface area contributed by atoms with Gasteiger partial charge in [0, 0.05) is 51.3 Å². The van der Waals surface area contributed by atoms with E-state index < -0.39 is 0 Å². The maximum Gasteiger partial charge on any atom is 0.237 e. The summed E-state index contributed by atoms with van der Waals surface area (Å²) < 4.78 is 0. The highest BCUT2D eigenvalue weighted by molar-refractivity contribution is 5.78. The quantitative estimate of drug-likeness (QED) is 0.793. The van der Waals surface area contributed by atoms with Gasteiger partial charge in [-0.3, -0.25) is 14.5 Å². The number of piperidine rings is 1. The minimum Gasteiger partial charge on any atom is -0.337 e. The van der Waals surface area contributed by atoms with Crippen LogP contribution in [0.1, 0.15) is 62.7 Å². The normalized spacial score (nSPS) is 25.6. The van der Waals surface area contributed by atoms with Crippen molar-refractivity contribution in [2.24, 2.45) is 5.92 Å². The summed E-state index contributed by atoms with van der Waals surface area (Å²) in [6.07, 6.45) is 7.02. The molecule has 7 nitrogen and oxygen atoms in total. The van der Waals surface area contributed by atoms with Gasteiger partial charge in [-0.05, 0) is 38.1 Å². The molecule has 2 unspecified atom stereocenters. The second-order valence-electron chi connectivity index (χ2n) is 8.62. The van der Waals surface area contributed by atoms with Crippen molar-refractivity contribution in [1.29, 1.82) is 0 Å². The first-order valence-corrected chi connectivity index (χ1v) is 10.6. The molecule has 0 bridgehead atoms. The number of amides is 2. The zero-order valence-corrected chi connectivity index (χ0v) is 17.1. The lowest BCUT2D eigenvalue weighted by Crippen LogP contribution is -2.45. The number of fused-ring (bicyclic) bond motifs is 1. The molecule has 1 aromatic heterocycles. The third kappa shape index (κ3) is 4.04. The molecular formula is C21H31N5O2. The van der Waals surface area contributed by atoms with E-state index in [0.717, 1.165) is 56.0 Å². The molecular weight excluding hydrogens is 354 g/mol. The average Bonchev–Trinajstić information content (AvgIpc) is 3.17. The number of rotatable bonds is 3. The van der Waals surface area contributed by atoms with E-state index in [0.29, 0.717) is 25.6 Å². The molecule has 4 heterocycles. The first-order valence-electron chi connectivity index (χ1n) is 10.6. The van der Waals surface area contributed by atoms with Crippen LogP contribution in [0.15, 0.2) is 6.20 Å². The molecule has 3 aliphatic heterocycles. The summed E-state index contributed by atoms with van der Waals surface area (Å²) >= 11 is 0. The van der Waals surface area contributed by atoms with Crippen molar-refractivity contribution in [3.8, 4) is 0 Å². The number of hydrogen-bond acceptors (Lipinski definition) is 5. The summed E-state index contributed by atoms with van der Waals surface area (Å²) in [6, 6.07) is 0.00329. The molecule has 0 radical (unpaired) electrons. The third-order valence-electron chi connectivity index (χ3n) is 6.36. The van der Waals surface area contributed by atoms with Crippen LogP contribution in [0.4, 0.5) is 0 Å². The Labute approximate surface area is 167 Å². The molecule has 0 N–H and O–H groups in total. The van der Waals surface area contributed by atoms with Crippen LogP contribution < -0.4 is 0 Å². The topological polar surface area (TPSA) is 69.6 Å². The Hall–Kier alpha value is -2.02. The van der Waals surface area contributed by atoms with E-state index in [1.807, 2.05) is 16.0 Å². The number of carbonyl (C=O) groups is 2. The number of carbonyl (C=O) groups excluding carboxylic acids is 2. The molecule has 2 atom stereocenters. The van der Waals surface area contributed by atoms with Crippen molar-refractivity contribution >= 4 is 11.8 Å². The van der Waals surface area contributed by atoms with E-state index in [1.165, 1.54) is 12.8 Å². The molecule has 152 valence electrons. The van der Waals surface area contributed by atoms with E-state index in [4.69, 9.17) is 4.98 Å². The highest BCUT2D eigenvalue weighted by atomic mass is 16.2. The van der Waals surface area contributed by atoms with Gasteiger partial charge in [-0.2, -0.15) is 0 Å². The molecule has 3 aliphatic rings. The van der Waals surface area contributed by atoms with Crippen LogP contribution in [0.2, 0.25) is 0 Å². The monoisotopic (exact) mass is 385 g/mol. The maximum atomic E-state index is 12.8. The van der Waals surface area contributed by atoms with Gasteiger partial charge in [0.05, 0.1) is 18.3 Å². The van der Waals surface area contributed by atoms with E-state index in [-0.39, 0.29) is 17.9 Å². The van der Waals surface area contributed by atoms with Crippen LogP contribution in [0.5, 0.6) is 0 Å². The van der Waals surface area contributed by atoms with E-state index in [9.17, 15) is 9.59 Å². The van der Waals surface area contributed by atoms with Crippen LogP contribution in [-0.2, 0) is 22.6 Å². The van der Waals surface area contributed by atoms with Gasteiger partial charge in [0.15, 0.2) is 5.82 Å². The molecule has 1 aromatic rings. The minimum atomic E-state index is 0.00329. The average molecular weight is 386 g/mol. The summed E-state index contributed by atoms with van der Waals surface area (Å²) in [5, 5.41) is 0. The van der Waals surface area contributed by atoms with Gasteiger partial charge in [0.25, 0.3) is 0 Å². The molecule has 2 fully saturated rings. The van der Waals surface area contributed by atoms with Crippen LogP contribution in [0.3, 0.4) is 0 Å². The number of aromatic nitrogens is 2. The summed E-state index contributed by atoms with van der Waals surface area (Å²) in [6.45, 7) is 8.55. The Morgan fingerprint density at radius 1 is 1.18 bits per heavy atom. The molecule has 2 amide bonds. The van der Waals surface area contributed by atoms with Crippen molar-refractivity contribution < 1.29 is 9.59 Å². The van der Waals surface area contributed by atoms with Gasteiger partial charge >= 0.3 is 0 Å². The summed E-state index contributed by atoms with van der Waals surface area (Å²) in [7, 11) is 0. The van der Waals surface area contributed by atoms with Gasteiger partial charge in [-0.1, -0.05) is 6.92 Å². The molecule has 4 rings (SSSR count). The Bertz CT molecular complexity index is 752. The Kier molecular flexibility index (Phi) is 5.62. The Morgan fingerprint density at radius 2 is 2.00 bits per heavy atom. The van der Waals surface area contributed by atoms with Crippen LogP contribution in [0.25, 0.3) is 0 Å². The smallest absolute Gasteiger partial charge is 0.237 e. The second-order valence-corrected chi connectivity index (χ2v) is 8.62. The lowest BCUT2D eigenvalue weighted by molar-refractivity contribution is -0.134. The third-order valence-corrected chi connectivity index (χ3v) is 6.36. The first-order chi connectivity index (χ1) is 13.5. The highest BCUT2D eigenvalue weighted by Crippen LogP contribution is 2.30. The largest absolute Gasteiger partial charge is 0.337 e. The number of likely N-dealkylation sites (tertiary alicyclic amines) is 2. The Balaban J connectivity index is 1.40. The molecule has 0 spiro atoms. The predicted molar refractivity (Wildman–Crippen MR) is 105 cm³/mol. The van der Waals surface area contributed by atoms with Crippen LogP contribution >= 0.6 is 0 Å². The van der Waals surface area contributed by atoms with Crippen molar-refractivity contribution in [3.63, 3.8) is 0 Å². The lowest BCUT2D eigenvalue weighted by Gasteiger charge is -2.34. The fraction of sp³-hybridized carbons (Fsp3) is 0.714. The van der Waals surface area contributed by atoms with Crippen molar-refractivity contribution in [2.75, 3.05) is 32.7 Å². The SMILES string of the molecule is CC(=O)N1CCCC1c1ncc2c(n1)CCN(C(=O)CN1CCCC(C)C1)C2. The first kappa shape index (κ1) is 19.3. The van der Waals surface area contributed by atoms with Gasteiger partial charge in [0.1, 0.15) is 0 Å². The van der Waals surface area contributed by atoms with Crippen LogP contribution in [-0.4, -0.2) is 69.2 Å². The van der Waals surface area contributed by atoms with Crippen molar-refractivity contribution in [2.45, 2.75) is 58.5 Å². The molecule has 2 saturated heterocycles.